The molecular weight excluding hydrogens is 442 g/mol. The van der Waals surface area contributed by atoms with Crippen molar-refractivity contribution in [2.24, 2.45) is 5.92 Å². The van der Waals surface area contributed by atoms with Crippen LogP contribution in [0.2, 0.25) is 0 Å². The maximum atomic E-state index is 13.2. The summed E-state index contributed by atoms with van der Waals surface area (Å²) in [5.41, 5.74) is 3.37. The second kappa shape index (κ2) is 13.9. The standard InChI is InChI=1S/C29H39NO5/c1-3-21-10-12-22(13-11-21)18-19-30-28(31)27(24-8-6-5-7-9-24)35-25-16-14-23(15-17-25)20-26(29(32)33)34-4-2/h10-17,24,26-27H,3-9,18-20H2,1-2H3,(H,30,31)(H,32,33)/t26?,27-/m1/s1. The molecule has 6 nitrogen and oxygen atoms in total. The van der Waals surface area contributed by atoms with Crippen LogP contribution in [0.25, 0.3) is 0 Å². The van der Waals surface area contributed by atoms with E-state index in [9.17, 15) is 14.7 Å². The van der Waals surface area contributed by atoms with Gasteiger partial charge in [0.25, 0.3) is 5.91 Å². The largest absolute Gasteiger partial charge is 0.480 e. The van der Waals surface area contributed by atoms with E-state index in [1.165, 1.54) is 17.5 Å². The number of carboxylic acids is 1. The zero-order valence-corrected chi connectivity index (χ0v) is 21.0. The van der Waals surface area contributed by atoms with Crippen molar-refractivity contribution in [3.05, 3.63) is 65.2 Å². The molecule has 0 heterocycles. The zero-order valence-electron chi connectivity index (χ0n) is 21.0. The van der Waals surface area contributed by atoms with Crippen LogP contribution in [0.15, 0.2) is 48.5 Å². The van der Waals surface area contributed by atoms with Gasteiger partial charge in [0.05, 0.1) is 0 Å². The Kier molecular flexibility index (Phi) is 10.6. The van der Waals surface area contributed by atoms with Crippen LogP contribution < -0.4 is 10.1 Å². The Morgan fingerprint density at radius 2 is 1.57 bits per heavy atom. The van der Waals surface area contributed by atoms with Crippen LogP contribution in [0.3, 0.4) is 0 Å². The van der Waals surface area contributed by atoms with E-state index in [2.05, 4.69) is 36.5 Å². The lowest BCUT2D eigenvalue weighted by Gasteiger charge is -2.30. The Morgan fingerprint density at radius 3 is 2.17 bits per heavy atom. The van der Waals surface area contributed by atoms with Gasteiger partial charge < -0.3 is 19.9 Å². The molecule has 1 amide bonds. The highest BCUT2D eigenvalue weighted by atomic mass is 16.5. The fourth-order valence-corrected chi connectivity index (χ4v) is 4.66. The first kappa shape index (κ1) is 26.7. The predicted molar refractivity (Wildman–Crippen MR) is 137 cm³/mol. The van der Waals surface area contributed by atoms with E-state index in [1.54, 1.807) is 6.92 Å². The Morgan fingerprint density at radius 1 is 0.943 bits per heavy atom. The molecule has 2 N–H and O–H groups in total. The van der Waals surface area contributed by atoms with Crippen molar-refractivity contribution < 1.29 is 24.2 Å². The minimum Gasteiger partial charge on any atom is -0.480 e. The maximum Gasteiger partial charge on any atom is 0.333 e. The number of carbonyl (C=O) groups is 2. The van der Waals surface area contributed by atoms with Gasteiger partial charge in [0.15, 0.2) is 12.2 Å². The van der Waals surface area contributed by atoms with Gasteiger partial charge in [-0.3, -0.25) is 4.79 Å². The number of amides is 1. The molecule has 1 saturated carbocycles. The number of carbonyl (C=O) groups excluding carboxylic acids is 1. The zero-order chi connectivity index (χ0) is 25.0. The van der Waals surface area contributed by atoms with E-state index >= 15 is 0 Å². The molecule has 2 aromatic carbocycles. The molecule has 2 atom stereocenters. The van der Waals surface area contributed by atoms with Gasteiger partial charge in [-0.2, -0.15) is 0 Å². The second-order valence-electron chi connectivity index (χ2n) is 9.28. The Bertz CT molecular complexity index is 919. The second-order valence-corrected chi connectivity index (χ2v) is 9.28. The summed E-state index contributed by atoms with van der Waals surface area (Å²) >= 11 is 0. The van der Waals surface area contributed by atoms with E-state index in [-0.39, 0.29) is 18.2 Å². The lowest BCUT2D eigenvalue weighted by molar-refractivity contribution is -0.150. The fraction of sp³-hybridized carbons (Fsp3) is 0.517. The number of ether oxygens (including phenoxy) is 2. The van der Waals surface area contributed by atoms with Gasteiger partial charge in [-0.1, -0.05) is 62.6 Å². The molecule has 1 fully saturated rings. The highest BCUT2D eigenvalue weighted by molar-refractivity contribution is 5.81. The monoisotopic (exact) mass is 481 g/mol. The molecule has 1 aliphatic carbocycles. The summed E-state index contributed by atoms with van der Waals surface area (Å²) in [6, 6.07) is 15.9. The predicted octanol–water partition coefficient (Wildman–Crippen LogP) is 4.97. The molecule has 1 aliphatic rings. The molecule has 0 aromatic heterocycles. The van der Waals surface area contributed by atoms with Gasteiger partial charge >= 0.3 is 5.97 Å². The minimum absolute atomic E-state index is 0.0616. The Hall–Kier alpha value is -2.86. The quantitative estimate of drug-likeness (QED) is 0.422. The van der Waals surface area contributed by atoms with Gasteiger partial charge in [-0.25, -0.2) is 4.79 Å². The first-order chi connectivity index (χ1) is 17.0. The number of rotatable bonds is 13. The molecule has 2 aromatic rings. The highest BCUT2D eigenvalue weighted by Crippen LogP contribution is 2.29. The molecule has 190 valence electrons. The van der Waals surface area contributed by atoms with E-state index in [0.717, 1.165) is 44.1 Å². The van der Waals surface area contributed by atoms with Crippen LogP contribution in [-0.2, 0) is 33.6 Å². The Labute approximate surface area is 209 Å². The van der Waals surface area contributed by atoms with Gasteiger partial charge in [-0.15, -0.1) is 0 Å². The summed E-state index contributed by atoms with van der Waals surface area (Å²) < 4.78 is 11.6. The molecule has 0 spiro atoms. The molecule has 0 saturated heterocycles. The third-order valence-electron chi connectivity index (χ3n) is 6.73. The summed E-state index contributed by atoms with van der Waals surface area (Å²) in [6.07, 6.45) is 6.12. The first-order valence-electron chi connectivity index (χ1n) is 13.0. The average molecular weight is 482 g/mol. The molecule has 0 bridgehead atoms. The van der Waals surface area contributed by atoms with Crippen LogP contribution in [0.1, 0.15) is 62.6 Å². The highest BCUT2D eigenvalue weighted by Gasteiger charge is 2.31. The van der Waals surface area contributed by atoms with Crippen molar-refractivity contribution in [1.29, 1.82) is 0 Å². The van der Waals surface area contributed by atoms with Crippen molar-refractivity contribution in [1.82, 2.24) is 5.32 Å². The van der Waals surface area contributed by atoms with E-state index in [4.69, 9.17) is 9.47 Å². The number of aryl methyl sites for hydroxylation is 1. The van der Waals surface area contributed by atoms with Crippen molar-refractivity contribution in [2.75, 3.05) is 13.2 Å². The lowest BCUT2D eigenvalue weighted by atomic mass is 9.84. The molecule has 0 radical (unpaired) electrons. The summed E-state index contributed by atoms with van der Waals surface area (Å²) in [6.45, 7) is 4.84. The summed E-state index contributed by atoms with van der Waals surface area (Å²) in [4.78, 5) is 24.5. The number of carboxylic acid groups (broad SMARTS) is 1. The van der Waals surface area contributed by atoms with Crippen LogP contribution >= 0.6 is 0 Å². The molecule has 35 heavy (non-hydrogen) atoms. The van der Waals surface area contributed by atoms with E-state index < -0.39 is 18.2 Å². The number of benzene rings is 2. The van der Waals surface area contributed by atoms with Crippen LogP contribution in [0.5, 0.6) is 5.75 Å². The van der Waals surface area contributed by atoms with Crippen LogP contribution in [0.4, 0.5) is 0 Å². The molecule has 1 unspecified atom stereocenters. The average Bonchev–Trinajstić information content (AvgIpc) is 2.88. The number of hydrogen-bond donors (Lipinski definition) is 2. The van der Waals surface area contributed by atoms with Crippen molar-refractivity contribution in [3.8, 4) is 5.75 Å². The first-order valence-corrected chi connectivity index (χ1v) is 13.0. The number of hydrogen-bond acceptors (Lipinski definition) is 4. The van der Waals surface area contributed by atoms with Crippen molar-refractivity contribution in [3.63, 3.8) is 0 Å². The smallest absolute Gasteiger partial charge is 0.333 e. The van der Waals surface area contributed by atoms with Gasteiger partial charge in [-0.05, 0) is 61.4 Å². The van der Waals surface area contributed by atoms with Crippen LogP contribution in [-0.4, -0.2) is 42.3 Å². The molecule has 6 heteroatoms. The van der Waals surface area contributed by atoms with Gasteiger partial charge in [0.1, 0.15) is 5.75 Å². The third-order valence-corrected chi connectivity index (χ3v) is 6.73. The lowest BCUT2D eigenvalue weighted by Crippen LogP contribution is -2.44. The van der Waals surface area contributed by atoms with Crippen molar-refractivity contribution in [2.45, 2.75) is 77.4 Å². The van der Waals surface area contributed by atoms with E-state index in [0.29, 0.717) is 18.9 Å². The van der Waals surface area contributed by atoms with Crippen molar-refractivity contribution >= 4 is 11.9 Å². The summed E-state index contributed by atoms with van der Waals surface area (Å²) in [5.74, 6) is -0.213. The molecule has 0 aliphatic heterocycles. The summed E-state index contributed by atoms with van der Waals surface area (Å²) in [5, 5.41) is 12.4. The van der Waals surface area contributed by atoms with Crippen LogP contribution in [0, 0.1) is 5.92 Å². The minimum atomic E-state index is -0.970. The topological polar surface area (TPSA) is 84.9 Å². The normalized spacial score (nSPS) is 15.8. The third kappa shape index (κ3) is 8.39. The SMILES string of the molecule is CCOC(Cc1ccc(O[C@@H](C(=O)NCCc2ccc(CC)cc2)C2CCCCC2)cc1)C(=O)O. The maximum absolute atomic E-state index is 13.2. The molecule has 3 rings (SSSR count). The number of nitrogens with one attached hydrogen (secondary N) is 1. The van der Waals surface area contributed by atoms with Gasteiger partial charge in [0.2, 0.25) is 0 Å². The Balaban J connectivity index is 1.60. The summed E-state index contributed by atoms with van der Waals surface area (Å²) in [7, 11) is 0. The van der Waals surface area contributed by atoms with E-state index in [1.807, 2.05) is 24.3 Å². The fourth-order valence-electron chi connectivity index (χ4n) is 4.66. The van der Waals surface area contributed by atoms with Gasteiger partial charge in [0, 0.05) is 25.5 Å². The number of aliphatic carboxylic acids is 1. The molecular formula is C29H39NO5.